The summed E-state index contributed by atoms with van der Waals surface area (Å²) in [5.74, 6) is -0.923. The predicted octanol–water partition coefficient (Wildman–Crippen LogP) is 2.35. The third kappa shape index (κ3) is 5.55. The fourth-order valence-electron chi connectivity index (χ4n) is 1.61. The molecule has 0 aliphatic rings. The Balaban J connectivity index is 2.90. The zero-order valence-electron chi connectivity index (χ0n) is 12.8. The Bertz CT molecular complexity index is 514. The topological polar surface area (TPSA) is 55.4 Å². The highest BCUT2D eigenvalue weighted by Gasteiger charge is 2.28. The van der Waals surface area contributed by atoms with Crippen LogP contribution in [0.5, 0.6) is 0 Å². The van der Waals surface area contributed by atoms with Gasteiger partial charge in [-0.2, -0.15) is 0 Å². The number of hydrogen-bond acceptors (Lipinski definition) is 3. The second-order valence-corrected chi connectivity index (χ2v) is 7.60. The molecule has 0 heterocycles. The molecule has 0 aromatic heterocycles. The molecule has 0 bridgehead atoms. The first kappa shape index (κ1) is 17.8. The summed E-state index contributed by atoms with van der Waals surface area (Å²) in [5, 5.41) is 0. The standard InChI is InChI=1S/C15H22FNO3S/c1-5-20-14(18)13(17-21(19)15(2,3)4)10-11-8-6-7-9-12(11)16/h6-9,13,17H,5,10H2,1-4H3/t13?,21-/m0/s1. The van der Waals surface area contributed by atoms with E-state index in [0.717, 1.165) is 0 Å². The van der Waals surface area contributed by atoms with E-state index in [1.54, 1.807) is 45.9 Å². The van der Waals surface area contributed by atoms with Crippen molar-refractivity contribution < 1.29 is 18.1 Å². The maximum Gasteiger partial charge on any atom is 0.324 e. The van der Waals surface area contributed by atoms with Gasteiger partial charge in [0, 0.05) is 6.42 Å². The molecule has 118 valence electrons. The quantitative estimate of drug-likeness (QED) is 0.820. The van der Waals surface area contributed by atoms with Crippen molar-refractivity contribution in [3.8, 4) is 0 Å². The molecule has 1 rings (SSSR count). The van der Waals surface area contributed by atoms with E-state index in [0.29, 0.717) is 5.56 Å². The average Bonchev–Trinajstić information content (AvgIpc) is 2.39. The lowest BCUT2D eigenvalue weighted by atomic mass is 10.1. The average molecular weight is 315 g/mol. The van der Waals surface area contributed by atoms with Crippen LogP contribution >= 0.6 is 0 Å². The largest absolute Gasteiger partial charge is 0.465 e. The lowest BCUT2D eigenvalue weighted by Gasteiger charge is -2.23. The summed E-state index contributed by atoms with van der Waals surface area (Å²) in [4.78, 5) is 12.0. The fourth-order valence-corrected chi connectivity index (χ4v) is 2.40. The minimum Gasteiger partial charge on any atom is -0.465 e. The molecule has 0 aliphatic carbocycles. The first-order valence-corrected chi connectivity index (χ1v) is 7.98. The number of carbonyl (C=O) groups is 1. The third-order valence-corrected chi connectivity index (χ3v) is 4.37. The highest BCUT2D eigenvalue weighted by Crippen LogP contribution is 2.14. The van der Waals surface area contributed by atoms with Crippen LogP contribution in [0.1, 0.15) is 33.3 Å². The molecule has 6 heteroatoms. The van der Waals surface area contributed by atoms with Gasteiger partial charge in [-0.3, -0.25) is 4.79 Å². The molecule has 1 unspecified atom stereocenters. The van der Waals surface area contributed by atoms with E-state index in [4.69, 9.17) is 4.74 Å². The molecule has 4 nitrogen and oxygen atoms in total. The zero-order chi connectivity index (χ0) is 16.0. The van der Waals surface area contributed by atoms with Gasteiger partial charge in [-0.15, -0.1) is 0 Å². The Kier molecular flexibility index (Phi) is 6.48. The van der Waals surface area contributed by atoms with E-state index in [2.05, 4.69) is 4.72 Å². The van der Waals surface area contributed by atoms with Gasteiger partial charge in [0.05, 0.1) is 22.3 Å². The number of esters is 1. The highest BCUT2D eigenvalue weighted by molar-refractivity contribution is 7.84. The normalized spacial score (nSPS) is 14.5. The van der Waals surface area contributed by atoms with Crippen LogP contribution in [0.4, 0.5) is 4.39 Å². The highest BCUT2D eigenvalue weighted by atomic mass is 32.2. The lowest BCUT2D eigenvalue weighted by Crippen LogP contribution is -2.46. The second-order valence-electron chi connectivity index (χ2n) is 5.60. The van der Waals surface area contributed by atoms with Crippen molar-refractivity contribution in [3.63, 3.8) is 0 Å². The van der Waals surface area contributed by atoms with Gasteiger partial charge in [-0.05, 0) is 39.3 Å². The van der Waals surface area contributed by atoms with Gasteiger partial charge in [-0.1, -0.05) is 18.2 Å². The van der Waals surface area contributed by atoms with Crippen LogP contribution < -0.4 is 4.72 Å². The number of nitrogens with one attached hydrogen (secondary N) is 1. The first-order valence-electron chi connectivity index (χ1n) is 6.83. The molecule has 21 heavy (non-hydrogen) atoms. The Morgan fingerprint density at radius 1 is 1.38 bits per heavy atom. The molecule has 0 fully saturated rings. The van der Waals surface area contributed by atoms with Gasteiger partial charge in [0.1, 0.15) is 11.9 Å². The number of carbonyl (C=O) groups excluding carboxylic acids is 1. The van der Waals surface area contributed by atoms with Gasteiger partial charge >= 0.3 is 5.97 Å². The molecule has 0 aliphatic heterocycles. The van der Waals surface area contributed by atoms with Crippen molar-refractivity contribution in [3.05, 3.63) is 35.6 Å². The minimum absolute atomic E-state index is 0.0906. The van der Waals surface area contributed by atoms with Crippen molar-refractivity contribution in [2.75, 3.05) is 6.61 Å². The van der Waals surface area contributed by atoms with E-state index in [9.17, 15) is 13.4 Å². The van der Waals surface area contributed by atoms with E-state index in [-0.39, 0.29) is 13.0 Å². The van der Waals surface area contributed by atoms with E-state index in [1.165, 1.54) is 6.07 Å². The van der Waals surface area contributed by atoms with E-state index >= 15 is 0 Å². The van der Waals surface area contributed by atoms with Crippen molar-refractivity contribution in [1.29, 1.82) is 0 Å². The fraction of sp³-hybridized carbons (Fsp3) is 0.533. The number of hydrogen-bond donors (Lipinski definition) is 1. The molecule has 0 saturated carbocycles. The number of halogens is 1. The zero-order valence-corrected chi connectivity index (χ0v) is 13.6. The minimum atomic E-state index is -1.45. The Labute approximate surface area is 127 Å². The molecule has 1 aromatic rings. The summed E-state index contributed by atoms with van der Waals surface area (Å²) in [6.07, 6.45) is 0.0906. The Hall–Kier alpha value is -1.27. The summed E-state index contributed by atoms with van der Waals surface area (Å²) >= 11 is 0. The monoisotopic (exact) mass is 315 g/mol. The van der Waals surface area contributed by atoms with Gasteiger partial charge in [0.15, 0.2) is 0 Å². The second kappa shape index (κ2) is 7.66. The molecule has 0 saturated heterocycles. The molecule has 0 spiro atoms. The van der Waals surface area contributed by atoms with Crippen LogP contribution in [0.15, 0.2) is 24.3 Å². The number of ether oxygens (including phenoxy) is 1. The Morgan fingerprint density at radius 2 is 2.00 bits per heavy atom. The molecule has 2 atom stereocenters. The van der Waals surface area contributed by atoms with Gasteiger partial charge in [0.2, 0.25) is 0 Å². The summed E-state index contributed by atoms with van der Waals surface area (Å²) in [5.41, 5.74) is 0.383. The first-order chi connectivity index (χ1) is 9.75. The maximum atomic E-state index is 13.7. The maximum absolute atomic E-state index is 13.7. The molecule has 1 N–H and O–H groups in total. The van der Waals surface area contributed by atoms with Crippen LogP contribution in [-0.2, 0) is 26.9 Å². The van der Waals surface area contributed by atoms with Crippen LogP contribution in [0.25, 0.3) is 0 Å². The van der Waals surface area contributed by atoms with Crippen molar-refractivity contribution in [1.82, 2.24) is 4.72 Å². The SMILES string of the molecule is CCOC(=O)C(Cc1ccccc1F)N[S@@](=O)C(C)(C)C. The van der Waals surface area contributed by atoms with Gasteiger partial charge in [-0.25, -0.2) is 13.3 Å². The smallest absolute Gasteiger partial charge is 0.324 e. The summed E-state index contributed by atoms with van der Waals surface area (Å²) in [6, 6.07) is 5.36. The summed E-state index contributed by atoms with van der Waals surface area (Å²) in [7, 11) is -1.45. The third-order valence-electron chi connectivity index (χ3n) is 2.76. The summed E-state index contributed by atoms with van der Waals surface area (Å²) in [6.45, 7) is 7.29. The molecule has 0 amide bonds. The molecule has 1 aromatic carbocycles. The van der Waals surface area contributed by atoms with Crippen molar-refractivity contribution in [2.24, 2.45) is 0 Å². The van der Waals surface area contributed by atoms with Crippen molar-refractivity contribution >= 4 is 17.0 Å². The van der Waals surface area contributed by atoms with E-state index in [1.807, 2.05) is 0 Å². The van der Waals surface area contributed by atoms with Crippen LogP contribution in [0.2, 0.25) is 0 Å². The van der Waals surface area contributed by atoms with Crippen molar-refractivity contribution in [2.45, 2.75) is 44.9 Å². The van der Waals surface area contributed by atoms with Crippen LogP contribution in [-0.4, -0.2) is 27.6 Å². The lowest BCUT2D eigenvalue weighted by molar-refractivity contribution is -0.145. The van der Waals surface area contributed by atoms with Crippen LogP contribution in [0.3, 0.4) is 0 Å². The predicted molar refractivity (Wildman–Crippen MR) is 81.6 cm³/mol. The van der Waals surface area contributed by atoms with Crippen LogP contribution in [0, 0.1) is 5.82 Å². The van der Waals surface area contributed by atoms with Gasteiger partial charge < -0.3 is 4.74 Å². The molecular formula is C15H22FNO3S. The Morgan fingerprint density at radius 3 is 2.52 bits per heavy atom. The number of rotatable bonds is 6. The van der Waals surface area contributed by atoms with E-state index < -0.39 is 33.6 Å². The number of benzene rings is 1. The molecular weight excluding hydrogens is 293 g/mol. The molecule has 0 radical (unpaired) electrons. The van der Waals surface area contributed by atoms with Gasteiger partial charge in [0.25, 0.3) is 0 Å². The summed E-state index contributed by atoms with van der Waals surface area (Å²) < 4.78 is 33.1.